The first-order valence-corrected chi connectivity index (χ1v) is 6.53. The highest BCUT2D eigenvalue weighted by Crippen LogP contribution is 2.00. The Kier molecular flexibility index (Phi) is 9.87. The smallest absolute Gasteiger partial charge is 0.333 e. The Bertz CT molecular complexity index is 376. The van der Waals surface area contributed by atoms with Crippen LogP contribution in [0.25, 0.3) is 0 Å². The fraction of sp³-hybridized carbons (Fsp3) is 0.643. The van der Waals surface area contributed by atoms with Crippen LogP contribution in [0.15, 0.2) is 12.2 Å². The van der Waals surface area contributed by atoms with Gasteiger partial charge in [-0.3, -0.25) is 9.59 Å². The highest BCUT2D eigenvalue weighted by atomic mass is 16.6. The Hall–Kier alpha value is -1.89. The predicted octanol–water partition coefficient (Wildman–Crippen LogP) is 1.01. The second-order valence-corrected chi connectivity index (χ2v) is 4.39. The summed E-state index contributed by atoms with van der Waals surface area (Å²) in [7, 11) is 1.50. The monoisotopic (exact) mass is 302 g/mol. The third kappa shape index (κ3) is 10.5. The first-order chi connectivity index (χ1) is 9.86. The Morgan fingerprint density at radius 1 is 1.05 bits per heavy atom. The minimum absolute atomic E-state index is 0.0489. The number of methoxy groups -OCH3 is 1. The minimum Gasteiger partial charge on any atom is -0.462 e. The van der Waals surface area contributed by atoms with E-state index >= 15 is 0 Å². The lowest BCUT2D eigenvalue weighted by atomic mass is 10.3. The fourth-order valence-electron chi connectivity index (χ4n) is 1.24. The van der Waals surface area contributed by atoms with Crippen molar-refractivity contribution in [2.75, 3.05) is 26.9 Å². The third-order valence-corrected chi connectivity index (χ3v) is 2.20. The number of carbonyl (C=O) groups is 3. The molecular weight excluding hydrogens is 280 g/mol. The second-order valence-electron chi connectivity index (χ2n) is 4.39. The zero-order chi connectivity index (χ0) is 16.3. The summed E-state index contributed by atoms with van der Waals surface area (Å²) in [6.07, 6.45) is -0.522. The van der Waals surface area contributed by atoms with Crippen LogP contribution >= 0.6 is 0 Å². The summed E-state index contributed by atoms with van der Waals surface area (Å²) in [6.45, 7) is 6.80. The minimum atomic E-state index is -0.558. The Morgan fingerprint density at radius 3 is 2.19 bits per heavy atom. The van der Waals surface area contributed by atoms with E-state index in [9.17, 15) is 14.4 Å². The van der Waals surface area contributed by atoms with Crippen LogP contribution < -0.4 is 0 Å². The van der Waals surface area contributed by atoms with Crippen LogP contribution in [0.2, 0.25) is 0 Å². The maximum atomic E-state index is 11.4. The van der Waals surface area contributed by atoms with Crippen molar-refractivity contribution in [3.63, 3.8) is 0 Å². The molecule has 0 bridgehead atoms. The molecule has 1 atom stereocenters. The predicted molar refractivity (Wildman–Crippen MR) is 73.4 cm³/mol. The molecule has 1 unspecified atom stereocenters. The maximum absolute atomic E-state index is 11.4. The van der Waals surface area contributed by atoms with Crippen molar-refractivity contribution < 1.29 is 33.3 Å². The summed E-state index contributed by atoms with van der Waals surface area (Å²) < 4.78 is 19.3. The van der Waals surface area contributed by atoms with E-state index < -0.39 is 17.9 Å². The van der Waals surface area contributed by atoms with Crippen molar-refractivity contribution in [2.45, 2.75) is 32.8 Å². The van der Waals surface area contributed by atoms with E-state index in [1.807, 2.05) is 0 Å². The van der Waals surface area contributed by atoms with Gasteiger partial charge in [0, 0.05) is 12.7 Å². The molecule has 0 radical (unpaired) electrons. The third-order valence-electron chi connectivity index (χ3n) is 2.20. The molecule has 0 heterocycles. The van der Waals surface area contributed by atoms with Crippen LogP contribution in [0.5, 0.6) is 0 Å². The van der Waals surface area contributed by atoms with Gasteiger partial charge in [-0.1, -0.05) is 6.58 Å². The van der Waals surface area contributed by atoms with Crippen molar-refractivity contribution in [3.8, 4) is 0 Å². The molecule has 0 rings (SSSR count). The van der Waals surface area contributed by atoms with Crippen LogP contribution in [-0.4, -0.2) is 50.9 Å². The first kappa shape index (κ1) is 19.1. The van der Waals surface area contributed by atoms with Gasteiger partial charge in [0.25, 0.3) is 0 Å². The zero-order valence-electron chi connectivity index (χ0n) is 12.7. The molecule has 21 heavy (non-hydrogen) atoms. The van der Waals surface area contributed by atoms with Gasteiger partial charge in [0.15, 0.2) is 0 Å². The molecule has 7 nitrogen and oxygen atoms in total. The van der Waals surface area contributed by atoms with Crippen molar-refractivity contribution in [1.82, 2.24) is 0 Å². The summed E-state index contributed by atoms with van der Waals surface area (Å²) in [5, 5.41) is 0. The molecule has 7 heteroatoms. The Morgan fingerprint density at radius 2 is 1.62 bits per heavy atom. The van der Waals surface area contributed by atoms with Crippen molar-refractivity contribution in [2.24, 2.45) is 0 Å². The molecule has 0 aliphatic heterocycles. The lowest BCUT2D eigenvalue weighted by Gasteiger charge is -2.11. The van der Waals surface area contributed by atoms with Crippen molar-refractivity contribution >= 4 is 17.9 Å². The Labute approximate surface area is 124 Å². The summed E-state index contributed by atoms with van der Waals surface area (Å²) in [5.74, 6) is -1.59. The lowest BCUT2D eigenvalue weighted by Crippen LogP contribution is -2.20. The number of rotatable bonds is 10. The number of hydrogen-bond acceptors (Lipinski definition) is 7. The van der Waals surface area contributed by atoms with Gasteiger partial charge in [0.1, 0.15) is 19.3 Å². The highest BCUT2D eigenvalue weighted by molar-refractivity contribution is 5.86. The zero-order valence-corrected chi connectivity index (χ0v) is 12.7. The van der Waals surface area contributed by atoms with Gasteiger partial charge < -0.3 is 18.9 Å². The van der Waals surface area contributed by atoms with E-state index in [-0.39, 0.29) is 37.7 Å². The average molecular weight is 302 g/mol. The number of carbonyl (C=O) groups excluding carboxylic acids is 3. The largest absolute Gasteiger partial charge is 0.462 e. The molecule has 0 spiro atoms. The lowest BCUT2D eigenvalue weighted by molar-refractivity contribution is -0.155. The molecule has 0 aromatic heterocycles. The van der Waals surface area contributed by atoms with Crippen LogP contribution in [0.1, 0.15) is 26.7 Å². The normalized spacial score (nSPS) is 11.4. The molecule has 0 aliphatic rings. The molecular formula is C14H22O7. The van der Waals surface area contributed by atoms with Gasteiger partial charge in [-0.2, -0.15) is 0 Å². The topological polar surface area (TPSA) is 88.1 Å². The molecule has 0 amide bonds. The fourth-order valence-corrected chi connectivity index (χ4v) is 1.24. The van der Waals surface area contributed by atoms with Crippen molar-refractivity contribution in [3.05, 3.63) is 12.2 Å². The molecule has 0 aliphatic carbocycles. The molecule has 0 N–H and O–H groups in total. The maximum Gasteiger partial charge on any atom is 0.333 e. The molecule has 0 aromatic rings. The van der Waals surface area contributed by atoms with Crippen LogP contribution in [0.4, 0.5) is 0 Å². The molecule has 0 fully saturated rings. The van der Waals surface area contributed by atoms with E-state index in [0.717, 1.165) is 0 Å². The summed E-state index contributed by atoms with van der Waals surface area (Å²) in [4.78, 5) is 33.7. The summed E-state index contributed by atoms with van der Waals surface area (Å²) >= 11 is 0. The number of esters is 3. The van der Waals surface area contributed by atoms with Gasteiger partial charge in [-0.05, 0) is 13.8 Å². The van der Waals surface area contributed by atoms with Gasteiger partial charge in [0.05, 0.1) is 19.4 Å². The van der Waals surface area contributed by atoms with E-state index in [4.69, 9.17) is 18.9 Å². The van der Waals surface area contributed by atoms with E-state index in [1.165, 1.54) is 14.0 Å². The second kappa shape index (κ2) is 10.8. The van der Waals surface area contributed by atoms with Crippen molar-refractivity contribution in [1.29, 1.82) is 0 Å². The first-order valence-electron chi connectivity index (χ1n) is 6.53. The van der Waals surface area contributed by atoms with Gasteiger partial charge in [0.2, 0.25) is 0 Å². The standard InChI is InChI=1S/C14H22O7/c1-10(2)14(17)20-8-7-19-12(15)5-6-13(16)21-11(3)9-18-4/h11H,1,5-9H2,2-4H3. The SMILES string of the molecule is C=C(C)C(=O)OCCOC(=O)CCC(=O)OC(C)COC. The van der Waals surface area contributed by atoms with E-state index in [0.29, 0.717) is 6.61 Å². The van der Waals surface area contributed by atoms with E-state index in [1.54, 1.807) is 6.92 Å². The molecule has 0 saturated heterocycles. The summed E-state index contributed by atoms with van der Waals surface area (Å²) in [5.41, 5.74) is 0.272. The van der Waals surface area contributed by atoms with E-state index in [2.05, 4.69) is 6.58 Å². The molecule has 0 aromatic carbocycles. The van der Waals surface area contributed by atoms with Gasteiger partial charge in [-0.25, -0.2) is 4.79 Å². The van der Waals surface area contributed by atoms with Crippen LogP contribution in [-0.2, 0) is 33.3 Å². The Balaban J connectivity index is 3.69. The number of hydrogen-bond donors (Lipinski definition) is 0. The highest BCUT2D eigenvalue weighted by Gasteiger charge is 2.12. The molecule has 0 saturated carbocycles. The average Bonchev–Trinajstić information content (AvgIpc) is 2.41. The quantitative estimate of drug-likeness (QED) is 0.257. The number of ether oxygens (including phenoxy) is 4. The molecule has 120 valence electrons. The van der Waals surface area contributed by atoms with Gasteiger partial charge >= 0.3 is 17.9 Å². The van der Waals surface area contributed by atoms with Crippen LogP contribution in [0.3, 0.4) is 0 Å². The summed E-state index contributed by atoms with van der Waals surface area (Å²) in [6, 6.07) is 0. The van der Waals surface area contributed by atoms with Gasteiger partial charge in [-0.15, -0.1) is 0 Å². The van der Waals surface area contributed by atoms with Crippen LogP contribution in [0, 0.1) is 0 Å².